The number of nitrogens with one attached hydrogen (secondary N) is 1. The van der Waals surface area contributed by atoms with Crippen LogP contribution in [0, 0.1) is 12.8 Å². The van der Waals surface area contributed by atoms with E-state index in [0.29, 0.717) is 11.5 Å². The van der Waals surface area contributed by atoms with Gasteiger partial charge in [-0.15, -0.1) is 0 Å². The highest BCUT2D eigenvalue weighted by atomic mass is 79.9. The van der Waals surface area contributed by atoms with E-state index in [0.717, 1.165) is 35.4 Å². The fourth-order valence-electron chi connectivity index (χ4n) is 3.06. The summed E-state index contributed by atoms with van der Waals surface area (Å²) in [5.41, 5.74) is 3.60. The number of amides is 1. The number of hydrogen-bond donors (Lipinski definition) is 1. The van der Waals surface area contributed by atoms with Crippen molar-refractivity contribution in [2.75, 3.05) is 18.4 Å². The Morgan fingerprint density at radius 3 is 2.92 bits per heavy atom. The molecule has 0 radical (unpaired) electrons. The molecule has 1 aromatic heterocycles. The second kappa shape index (κ2) is 7.34. The zero-order valence-electron chi connectivity index (χ0n) is 14.1. The van der Waals surface area contributed by atoms with Crippen molar-refractivity contribution in [3.63, 3.8) is 0 Å². The average molecular weight is 388 g/mol. The van der Waals surface area contributed by atoms with Gasteiger partial charge in [-0.2, -0.15) is 0 Å². The fourth-order valence-corrected chi connectivity index (χ4v) is 3.65. The molecule has 2 aromatic rings. The van der Waals surface area contributed by atoms with Crippen LogP contribution in [0.3, 0.4) is 0 Å². The summed E-state index contributed by atoms with van der Waals surface area (Å²) in [6.07, 6.45) is 5.67. The van der Waals surface area contributed by atoms with E-state index >= 15 is 0 Å². The molecule has 0 saturated carbocycles. The molecule has 126 valence electrons. The van der Waals surface area contributed by atoms with Crippen molar-refractivity contribution in [2.45, 2.75) is 26.7 Å². The second-order valence-corrected chi connectivity index (χ2v) is 7.42. The molecule has 24 heavy (non-hydrogen) atoms. The number of aryl methyl sites for hydroxylation is 1. The summed E-state index contributed by atoms with van der Waals surface area (Å²) in [7, 11) is 0. The first-order chi connectivity index (χ1) is 11.5. The molecule has 1 saturated heterocycles. The van der Waals surface area contributed by atoms with Crippen LogP contribution in [0.1, 0.15) is 35.7 Å². The van der Waals surface area contributed by atoms with Gasteiger partial charge < -0.3 is 10.2 Å². The van der Waals surface area contributed by atoms with Gasteiger partial charge in [0.25, 0.3) is 5.91 Å². The molecule has 1 aliphatic heterocycles. The standard InChI is InChI=1S/C19H22BrN3O/c1-13-5-6-18(17(20)8-13)22-16-9-15(10-21-11-16)19(24)23-7-3-4-14(2)12-23/h5-6,8-11,14,22H,3-4,7,12H2,1-2H3. The number of likely N-dealkylation sites (tertiary alicyclic amines) is 1. The van der Waals surface area contributed by atoms with E-state index in [1.54, 1.807) is 12.4 Å². The van der Waals surface area contributed by atoms with Crippen molar-refractivity contribution in [1.82, 2.24) is 9.88 Å². The lowest BCUT2D eigenvalue weighted by Gasteiger charge is -2.31. The monoisotopic (exact) mass is 387 g/mol. The topological polar surface area (TPSA) is 45.2 Å². The van der Waals surface area contributed by atoms with Crippen molar-refractivity contribution in [1.29, 1.82) is 0 Å². The maximum Gasteiger partial charge on any atom is 0.255 e. The molecule has 3 rings (SSSR count). The largest absolute Gasteiger partial charge is 0.353 e. The third-order valence-corrected chi connectivity index (χ3v) is 4.99. The lowest BCUT2D eigenvalue weighted by atomic mass is 10.00. The third kappa shape index (κ3) is 3.96. The Bertz CT molecular complexity index is 747. The first-order valence-electron chi connectivity index (χ1n) is 8.30. The molecule has 1 unspecified atom stereocenters. The zero-order chi connectivity index (χ0) is 17.1. The summed E-state index contributed by atoms with van der Waals surface area (Å²) >= 11 is 3.56. The second-order valence-electron chi connectivity index (χ2n) is 6.57. The number of anilines is 2. The minimum absolute atomic E-state index is 0.0701. The van der Waals surface area contributed by atoms with Crippen LogP contribution >= 0.6 is 15.9 Å². The van der Waals surface area contributed by atoms with E-state index in [1.807, 2.05) is 23.1 Å². The molecule has 1 aliphatic rings. The molecule has 0 bridgehead atoms. The van der Waals surface area contributed by atoms with Gasteiger partial charge in [0.1, 0.15) is 0 Å². The molecule has 0 spiro atoms. The Balaban J connectivity index is 1.77. The van der Waals surface area contributed by atoms with Gasteiger partial charge in [0, 0.05) is 23.8 Å². The summed E-state index contributed by atoms with van der Waals surface area (Å²) in [5.74, 6) is 0.640. The van der Waals surface area contributed by atoms with Gasteiger partial charge in [-0.3, -0.25) is 9.78 Å². The Hall–Kier alpha value is -1.88. The highest BCUT2D eigenvalue weighted by molar-refractivity contribution is 9.10. The molecule has 2 heterocycles. The maximum atomic E-state index is 12.7. The SMILES string of the molecule is Cc1ccc(Nc2cncc(C(=O)N3CCCC(C)C3)c2)c(Br)c1. The minimum Gasteiger partial charge on any atom is -0.353 e. The van der Waals surface area contributed by atoms with Gasteiger partial charge in [-0.05, 0) is 65.4 Å². The highest BCUT2D eigenvalue weighted by Crippen LogP contribution is 2.27. The summed E-state index contributed by atoms with van der Waals surface area (Å²) in [6.45, 7) is 5.92. The van der Waals surface area contributed by atoms with E-state index < -0.39 is 0 Å². The van der Waals surface area contributed by atoms with E-state index in [1.165, 1.54) is 12.0 Å². The first-order valence-corrected chi connectivity index (χ1v) is 9.10. The number of benzene rings is 1. The van der Waals surface area contributed by atoms with Crippen LogP contribution in [0.4, 0.5) is 11.4 Å². The predicted molar refractivity (Wildman–Crippen MR) is 101 cm³/mol. The van der Waals surface area contributed by atoms with Crippen molar-refractivity contribution < 1.29 is 4.79 Å². The molecule has 1 amide bonds. The van der Waals surface area contributed by atoms with Crippen molar-refractivity contribution >= 4 is 33.2 Å². The van der Waals surface area contributed by atoms with Crippen LogP contribution in [0.25, 0.3) is 0 Å². The number of nitrogens with zero attached hydrogens (tertiary/aromatic N) is 2. The van der Waals surface area contributed by atoms with E-state index in [2.05, 4.69) is 46.1 Å². The van der Waals surface area contributed by atoms with Crippen molar-refractivity contribution in [3.8, 4) is 0 Å². The number of halogens is 1. The lowest BCUT2D eigenvalue weighted by Crippen LogP contribution is -2.39. The molecular formula is C19H22BrN3O. The molecule has 1 fully saturated rings. The van der Waals surface area contributed by atoms with Crippen molar-refractivity contribution in [3.05, 3.63) is 52.3 Å². The number of piperidine rings is 1. The molecule has 5 heteroatoms. The number of rotatable bonds is 3. The van der Waals surface area contributed by atoms with Crippen LogP contribution in [0.2, 0.25) is 0 Å². The van der Waals surface area contributed by atoms with Crippen LogP contribution < -0.4 is 5.32 Å². The van der Waals surface area contributed by atoms with Gasteiger partial charge in [0.2, 0.25) is 0 Å². The van der Waals surface area contributed by atoms with E-state index in [9.17, 15) is 4.79 Å². The van der Waals surface area contributed by atoms with Crippen LogP contribution in [0.15, 0.2) is 41.1 Å². The van der Waals surface area contributed by atoms with Gasteiger partial charge in [-0.1, -0.05) is 13.0 Å². The smallest absolute Gasteiger partial charge is 0.255 e. The minimum atomic E-state index is 0.0701. The van der Waals surface area contributed by atoms with Crippen LogP contribution in [-0.4, -0.2) is 28.9 Å². The Morgan fingerprint density at radius 2 is 2.17 bits per heavy atom. The number of hydrogen-bond acceptors (Lipinski definition) is 3. The number of carbonyl (C=O) groups excluding carboxylic acids is 1. The fraction of sp³-hybridized carbons (Fsp3) is 0.368. The highest BCUT2D eigenvalue weighted by Gasteiger charge is 2.22. The van der Waals surface area contributed by atoms with Crippen LogP contribution in [0.5, 0.6) is 0 Å². The normalized spacial score (nSPS) is 17.6. The molecule has 1 aromatic carbocycles. The summed E-state index contributed by atoms with van der Waals surface area (Å²) in [5, 5.41) is 3.33. The maximum absolute atomic E-state index is 12.7. The Kier molecular flexibility index (Phi) is 5.19. The third-order valence-electron chi connectivity index (χ3n) is 4.33. The lowest BCUT2D eigenvalue weighted by molar-refractivity contribution is 0.0682. The average Bonchev–Trinajstić information content (AvgIpc) is 2.57. The number of pyridine rings is 1. The van der Waals surface area contributed by atoms with Gasteiger partial charge in [0.15, 0.2) is 0 Å². The number of aromatic nitrogens is 1. The Labute approximate surface area is 151 Å². The summed E-state index contributed by atoms with van der Waals surface area (Å²) in [6, 6.07) is 7.99. The molecular weight excluding hydrogens is 366 g/mol. The molecule has 1 N–H and O–H groups in total. The van der Waals surface area contributed by atoms with Gasteiger partial charge in [-0.25, -0.2) is 0 Å². The summed E-state index contributed by atoms with van der Waals surface area (Å²) in [4.78, 5) is 18.9. The predicted octanol–water partition coefficient (Wildman–Crippen LogP) is 4.77. The van der Waals surface area contributed by atoms with Crippen molar-refractivity contribution in [2.24, 2.45) is 5.92 Å². The first kappa shape index (κ1) is 17.0. The van der Waals surface area contributed by atoms with Gasteiger partial charge in [0.05, 0.1) is 23.1 Å². The van der Waals surface area contributed by atoms with E-state index in [-0.39, 0.29) is 5.91 Å². The molecule has 0 aliphatic carbocycles. The van der Waals surface area contributed by atoms with Crippen LogP contribution in [-0.2, 0) is 0 Å². The molecule has 4 nitrogen and oxygen atoms in total. The van der Waals surface area contributed by atoms with Gasteiger partial charge >= 0.3 is 0 Å². The number of carbonyl (C=O) groups is 1. The zero-order valence-corrected chi connectivity index (χ0v) is 15.6. The Morgan fingerprint density at radius 1 is 1.33 bits per heavy atom. The van der Waals surface area contributed by atoms with E-state index in [4.69, 9.17) is 0 Å². The molecule has 1 atom stereocenters. The quantitative estimate of drug-likeness (QED) is 0.824. The summed E-state index contributed by atoms with van der Waals surface area (Å²) < 4.78 is 0.990.